The van der Waals surface area contributed by atoms with Gasteiger partial charge in [0.2, 0.25) is 0 Å². The van der Waals surface area contributed by atoms with Gasteiger partial charge in [0, 0.05) is 51.0 Å². The van der Waals surface area contributed by atoms with Gasteiger partial charge >= 0.3 is 0 Å². The second kappa shape index (κ2) is 12.8. The van der Waals surface area contributed by atoms with Crippen LogP contribution < -0.4 is 5.32 Å². The average molecular weight is 477 g/mol. The van der Waals surface area contributed by atoms with E-state index in [4.69, 9.17) is 4.74 Å². The van der Waals surface area contributed by atoms with Crippen molar-refractivity contribution < 1.29 is 4.74 Å². The molecule has 25 heavy (non-hydrogen) atoms. The number of nitrogens with zero attached hydrogens (tertiary/aromatic N) is 2. The lowest BCUT2D eigenvalue weighted by Crippen LogP contribution is -2.40. The summed E-state index contributed by atoms with van der Waals surface area (Å²) < 4.78 is 5.43. The monoisotopic (exact) mass is 477 g/mol. The molecule has 0 saturated carbocycles. The standard InChI is InChI=1S/C19H31N3OS.HI/c1-16-4-6-18(7-5-16)24-15-11-21-19(20-2)22(3)12-8-17-9-13-23-14-10-17;/h4-7,17H,8-15H2,1-3H3,(H,20,21);1H. The van der Waals surface area contributed by atoms with Crippen molar-refractivity contribution in [2.75, 3.05) is 46.2 Å². The van der Waals surface area contributed by atoms with E-state index in [0.717, 1.165) is 43.9 Å². The first kappa shape index (κ1) is 22.6. The Bertz CT molecular complexity index is 504. The maximum absolute atomic E-state index is 5.43. The van der Waals surface area contributed by atoms with Gasteiger partial charge in [0.05, 0.1) is 0 Å². The van der Waals surface area contributed by atoms with Crippen LogP contribution in [-0.4, -0.2) is 57.0 Å². The van der Waals surface area contributed by atoms with E-state index in [1.165, 1.54) is 29.7 Å². The number of halogens is 1. The van der Waals surface area contributed by atoms with Crippen molar-refractivity contribution in [2.45, 2.75) is 31.1 Å². The molecule has 1 fully saturated rings. The summed E-state index contributed by atoms with van der Waals surface area (Å²) in [4.78, 5) is 7.97. The molecule has 1 aliphatic rings. The first-order valence-corrected chi connectivity index (χ1v) is 9.86. The minimum atomic E-state index is 0. The van der Waals surface area contributed by atoms with Crippen LogP contribution in [0.15, 0.2) is 34.2 Å². The summed E-state index contributed by atoms with van der Waals surface area (Å²) in [6, 6.07) is 8.71. The first-order valence-electron chi connectivity index (χ1n) is 8.88. The van der Waals surface area contributed by atoms with E-state index in [1.807, 2.05) is 18.8 Å². The second-order valence-corrected chi connectivity index (χ2v) is 7.57. The highest BCUT2D eigenvalue weighted by Crippen LogP contribution is 2.19. The summed E-state index contributed by atoms with van der Waals surface area (Å²) in [6.07, 6.45) is 3.62. The van der Waals surface area contributed by atoms with Gasteiger partial charge in [-0.1, -0.05) is 17.7 Å². The van der Waals surface area contributed by atoms with Gasteiger partial charge in [0.1, 0.15) is 0 Å². The number of guanidine groups is 1. The molecule has 1 saturated heterocycles. The fourth-order valence-corrected chi connectivity index (χ4v) is 3.64. The zero-order valence-corrected chi connectivity index (χ0v) is 18.8. The molecule has 0 aliphatic carbocycles. The quantitative estimate of drug-likeness (QED) is 0.212. The predicted molar refractivity (Wildman–Crippen MR) is 119 cm³/mol. The van der Waals surface area contributed by atoms with Crippen molar-refractivity contribution >= 4 is 41.7 Å². The van der Waals surface area contributed by atoms with E-state index in [9.17, 15) is 0 Å². The lowest BCUT2D eigenvalue weighted by molar-refractivity contribution is 0.0625. The molecular weight excluding hydrogens is 445 g/mol. The van der Waals surface area contributed by atoms with Crippen LogP contribution in [0.1, 0.15) is 24.8 Å². The van der Waals surface area contributed by atoms with Crippen molar-refractivity contribution in [2.24, 2.45) is 10.9 Å². The summed E-state index contributed by atoms with van der Waals surface area (Å²) in [5.41, 5.74) is 1.31. The van der Waals surface area contributed by atoms with E-state index in [0.29, 0.717) is 0 Å². The highest BCUT2D eigenvalue weighted by Gasteiger charge is 2.15. The summed E-state index contributed by atoms with van der Waals surface area (Å²) in [5.74, 6) is 2.83. The Balaban J connectivity index is 0.00000312. The molecule has 2 rings (SSSR count). The van der Waals surface area contributed by atoms with Crippen molar-refractivity contribution in [1.29, 1.82) is 0 Å². The molecule has 0 spiro atoms. The van der Waals surface area contributed by atoms with Crippen molar-refractivity contribution in [1.82, 2.24) is 10.2 Å². The second-order valence-electron chi connectivity index (χ2n) is 6.40. The number of thioether (sulfide) groups is 1. The van der Waals surface area contributed by atoms with Gasteiger partial charge in [-0.25, -0.2) is 0 Å². The number of aryl methyl sites for hydroxylation is 1. The Morgan fingerprint density at radius 3 is 2.60 bits per heavy atom. The van der Waals surface area contributed by atoms with Gasteiger partial charge in [0.15, 0.2) is 5.96 Å². The molecule has 0 atom stereocenters. The third-order valence-corrected chi connectivity index (χ3v) is 5.48. The van der Waals surface area contributed by atoms with Crippen LogP contribution in [0.5, 0.6) is 0 Å². The Labute approximate surface area is 174 Å². The third kappa shape index (κ3) is 8.64. The van der Waals surface area contributed by atoms with E-state index in [2.05, 4.69) is 53.4 Å². The normalized spacial score (nSPS) is 15.6. The molecule has 0 unspecified atom stereocenters. The van der Waals surface area contributed by atoms with Gasteiger partial charge in [-0.05, 0) is 44.2 Å². The third-order valence-electron chi connectivity index (χ3n) is 4.46. The van der Waals surface area contributed by atoms with Gasteiger partial charge in [0.25, 0.3) is 0 Å². The fourth-order valence-electron chi connectivity index (χ4n) is 2.87. The molecule has 0 radical (unpaired) electrons. The average Bonchev–Trinajstić information content (AvgIpc) is 2.62. The SMILES string of the molecule is CN=C(NCCSc1ccc(C)cc1)N(C)CCC1CCOCC1.I. The zero-order chi connectivity index (χ0) is 17.2. The minimum absolute atomic E-state index is 0. The Hall–Kier alpha value is -0.470. The first-order chi connectivity index (χ1) is 11.7. The number of benzene rings is 1. The van der Waals surface area contributed by atoms with Crippen LogP contribution in [0.2, 0.25) is 0 Å². The molecule has 6 heteroatoms. The maximum Gasteiger partial charge on any atom is 0.193 e. The molecule has 0 amide bonds. The van der Waals surface area contributed by atoms with Gasteiger partial charge < -0.3 is 15.0 Å². The molecular formula is C19H32IN3OS. The lowest BCUT2D eigenvalue weighted by atomic mass is 9.96. The maximum atomic E-state index is 5.43. The summed E-state index contributed by atoms with van der Waals surface area (Å²) in [7, 11) is 3.99. The number of nitrogens with one attached hydrogen (secondary N) is 1. The number of hydrogen-bond acceptors (Lipinski definition) is 3. The lowest BCUT2D eigenvalue weighted by Gasteiger charge is -2.26. The summed E-state index contributed by atoms with van der Waals surface area (Å²) in [5, 5.41) is 3.47. The molecule has 4 nitrogen and oxygen atoms in total. The number of rotatable bonds is 7. The number of ether oxygens (including phenoxy) is 1. The summed E-state index contributed by atoms with van der Waals surface area (Å²) in [6.45, 7) is 5.95. The topological polar surface area (TPSA) is 36.9 Å². The van der Waals surface area contributed by atoms with Crippen LogP contribution in [0.4, 0.5) is 0 Å². The molecule has 142 valence electrons. The smallest absolute Gasteiger partial charge is 0.193 e. The van der Waals surface area contributed by atoms with Gasteiger partial charge in [-0.3, -0.25) is 4.99 Å². The number of hydrogen-bond donors (Lipinski definition) is 1. The fraction of sp³-hybridized carbons (Fsp3) is 0.632. The van der Waals surface area contributed by atoms with Gasteiger partial charge in [-0.15, -0.1) is 35.7 Å². The highest BCUT2D eigenvalue weighted by molar-refractivity contribution is 14.0. The molecule has 0 aromatic heterocycles. The molecule has 0 bridgehead atoms. The largest absolute Gasteiger partial charge is 0.381 e. The van der Waals surface area contributed by atoms with Crippen LogP contribution >= 0.6 is 35.7 Å². The van der Waals surface area contributed by atoms with Gasteiger partial charge in [-0.2, -0.15) is 0 Å². The van der Waals surface area contributed by atoms with Crippen molar-refractivity contribution in [3.8, 4) is 0 Å². The van der Waals surface area contributed by atoms with E-state index in [-0.39, 0.29) is 24.0 Å². The van der Waals surface area contributed by atoms with E-state index >= 15 is 0 Å². The van der Waals surface area contributed by atoms with Crippen LogP contribution in [0.3, 0.4) is 0 Å². The zero-order valence-electron chi connectivity index (χ0n) is 15.7. The molecule has 1 heterocycles. The Kier molecular flexibility index (Phi) is 11.6. The van der Waals surface area contributed by atoms with Crippen molar-refractivity contribution in [3.63, 3.8) is 0 Å². The van der Waals surface area contributed by atoms with E-state index < -0.39 is 0 Å². The predicted octanol–water partition coefficient (Wildman–Crippen LogP) is 4.03. The molecule has 1 aromatic carbocycles. The van der Waals surface area contributed by atoms with Crippen LogP contribution in [0, 0.1) is 12.8 Å². The number of aliphatic imine (C=N–C) groups is 1. The molecule has 1 aliphatic heterocycles. The molecule has 1 aromatic rings. The van der Waals surface area contributed by atoms with Crippen LogP contribution in [-0.2, 0) is 4.74 Å². The minimum Gasteiger partial charge on any atom is -0.381 e. The summed E-state index contributed by atoms with van der Waals surface area (Å²) >= 11 is 1.88. The Morgan fingerprint density at radius 2 is 1.96 bits per heavy atom. The van der Waals surface area contributed by atoms with E-state index in [1.54, 1.807) is 0 Å². The van der Waals surface area contributed by atoms with Crippen LogP contribution in [0.25, 0.3) is 0 Å². The Morgan fingerprint density at radius 1 is 1.28 bits per heavy atom. The molecule has 1 N–H and O–H groups in total. The highest BCUT2D eigenvalue weighted by atomic mass is 127. The van der Waals surface area contributed by atoms with Crippen molar-refractivity contribution in [3.05, 3.63) is 29.8 Å².